The van der Waals surface area contributed by atoms with Crippen LogP contribution in [0.1, 0.15) is 31.4 Å². The molecule has 3 aliphatic rings. The van der Waals surface area contributed by atoms with Crippen molar-refractivity contribution >= 4 is 12.4 Å². The molecule has 114 valence electrons. The van der Waals surface area contributed by atoms with Crippen LogP contribution in [0.4, 0.5) is 0 Å². The van der Waals surface area contributed by atoms with Crippen LogP contribution in [0.5, 0.6) is 0 Å². The minimum atomic E-state index is -0.586. The number of hydrogen-bond donors (Lipinski definition) is 0. The van der Waals surface area contributed by atoms with Crippen LogP contribution in [0.25, 0.3) is 0 Å². The van der Waals surface area contributed by atoms with Gasteiger partial charge in [0.05, 0.1) is 0 Å². The molecule has 1 unspecified atom stereocenters. The Labute approximate surface area is 194 Å². The minimum absolute atomic E-state index is 0. The van der Waals surface area contributed by atoms with Gasteiger partial charge in [-0.05, 0) is 13.3 Å². The van der Waals surface area contributed by atoms with E-state index in [1.54, 1.807) is 12.4 Å². The first-order chi connectivity index (χ1) is 10.6. The Bertz CT molecular complexity index is 871. The summed E-state index contributed by atoms with van der Waals surface area (Å²) in [5.74, 6) is 0. The summed E-state index contributed by atoms with van der Waals surface area (Å²) in [5.41, 5.74) is 6.64. The van der Waals surface area contributed by atoms with E-state index in [0.717, 1.165) is 17.5 Å². The number of rotatable bonds is 2. The van der Waals surface area contributed by atoms with Crippen molar-refractivity contribution in [3.05, 3.63) is 83.2 Å². The van der Waals surface area contributed by atoms with Crippen molar-refractivity contribution < 1.29 is 74.6 Å². The Morgan fingerprint density at radius 2 is 1.67 bits per heavy atom. The molecule has 1 aromatic rings. The smallest absolute Gasteiger partial charge is 0.304 e. The predicted molar refractivity (Wildman–Crippen MR) is 85.5 cm³/mol. The molecular formula is C20H16N2Y2-2. The molecule has 0 amide bonds. The molecule has 2 nitrogen and oxygen atoms in total. The first-order valence-corrected chi connectivity index (χ1v) is 7.36. The van der Waals surface area contributed by atoms with E-state index in [9.17, 15) is 0 Å². The topological polar surface area (TPSA) is 6.02 Å². The van der Waals surface area contributed by atoms with E-state index in [4.69, 9.17) is 13.2 Å². The maximum Gasteiger partial charge on any atom is 0.304 e. The summed E-state index contributed by atoms with van der Waals surface area (Å²) in [6.07, 6.45) is 10.8. The van der Waals surface area contributed by atoms with E-state index in [1.807, 2.05) is 21.3 Å². The van der Waals surface area contributed by atoms with E-state index in [1.165, 1.54) is 22.3 Å². The fourth-order valence-electron chi connectivity index (χ4n) is 3.86. The molecule has 1 atom stereocenters. The van der Waals surface area contributed by atoms with Crippen molar-refractivity contribution in [2.24, 2.45) is 0 Å². The summed E-state index contributed by atoms with van der Waals surface area (Å²) in [7, 11) is 0. The maximum absolute atomic E-state index is 5.94. The average Bonchev–Trinajstić information content (AvgIpc) is 3.12. The molecule has 2 aliphatic heterocycles. The number of allylic oxidation sites excluding steroid dienone is 2. The first-order valence-electron chi connectivity index (χ1n) is 7.36. The molecule has 0 aromatic heterocycles. The van der Waals surface area contributed by atoms with Gasteiger partial charge in [0.15, 0.2) is 6.21 Å². The van der Waals surface area contributed by atoms with Gasteiger partial charge < -0.3 is 13.2 Å². The predicted octanol–water partition coefficient (Wildman–Crippen LogP) is 3.06. The minimum Gasteiger partial charge on any atom is -0.518 e. The van der Waals surface area contributed by atoms with Gasteiger partial charge >= 0.3 is 5.66 Å². The number of fused-ring (bicyclic) bond motifs is 3. The van der Waals surface area contributed by atoms with Gasteiger partial charge in [-0.3, -0.25) is 9.15 Å². The maximum atomic E-state index is 5.94. The van der Waals surface area contributed by atoms with Crippen molar-refractivity contribution in [1.82, 2.24) is 0 Å². The van der Waals surface area contributed by atoms with Crippen LogP contribution in [0.3, 0.4) is 0 Å². The van der Waals surface area contributed by atoms with E-state index in [2.05, 4.69) is 38.4 Å². The van der Waals surface area contributed by atoms with Gasteiger partial charge in [-0.25, -0.2) is 0 Å². The summed E-state index contributed by atoms with van der Waals surface area (Å²) >= 11 is 0. The van der Waals surface area contributed by atoms with Crippen LogP contribution >= 0.6 is 0 Å². The summed E-state index contributed by atoms with van der Waals surface area (Å²) in [6, 6.07) is 8.21. The fourth-order valence-corrected chi connectivity index (χ4v) is 3.86. The number of hydrogen-bond acceptors (Lipinski definition) is 0. The molecule has 1 spiro atoms. The van der Waals surface area contributed by atoms with E-state index >= 15 is 0 Å². The van der Waals surface area contributed by atoms with Crippen molar-refractivity contribution in [2.45, 2.75) is 25.9 Å². The zero-order valence-corrected chi connectivity index (χ0v) is 19.6. The Balaban J connectivity index is 0.00000104. The number of benzene rings is 1. The van der Waals surface area contributed by atoms with Gasteiger partial charge in [-0.2, -0.15) is 0 Å². The van der Waals surface area contributed by atoms with Gasteiger partial charge in [-0.1, -0.05) is 47.5 Å². The van der Waals surface area contributed by atoms with Crippen LogP contribution in [0, 0.1) is 13.2 Å². The molecule has 2 heterocycles. The second kappa shape index (κ2) is 7.15. The summed E-state index contributed by atoms with van der Waals surface area (Å²) < 4.78 is 3.84. The van der Waals surface area contributed by atoms with Crippen LogP contribution < -0.4 is 0 Å². The number of nitrogens with zero attached hydrogens (tertiary/aromatic N) is 2. The van der Waals surface area contributed by atoms with E-state index in [0.29, 0.717) is 0 Å². The molecule has 0 N–H and O–H groups in total. The average molecular weight is 462 g/mol. The zero-order valence-electron chi connectivity index (χ0n) is 13.9. The fraction of sp³-hybridized carbons (Fsp3) is 0.200. The molecule has 24 heavy (non-hydrogen) atoms. The Morgan fingerprint density at radius 3 is 2.33 bits per heavy atom. The second-order valence-electron chi connectivity index (χ2n) is 5.92. The molecule has 0 bridgehead atoms. The van der Waals surface area contributed by atoms with E-state index in [-0.39, 0.29) is 65.4 Å². The molecule has 1 aromatic carbocycles. The normalized spacial score (nSPS) is 23.2. The summed E-state index contributed by atoms with van der Waals surface area (Å²) in [4.78, 5) is 0. The Kier molecular flexibility index (Phi) is 5.97. The van der Waals surface area contributed by atoms with Crippen molar-refractivity contribution in [2.75, 3.05) is 0 Å². The van der Waals surface area contributed by atoms with Crippen LogP contribution in [-0.2, 0) is 71.1 Å². The molecule has 4 heteroatoms. The Morgan fingerprint density at radius 1 is 1.04 bits per heavy atom. The van der Waals surface area contributed by atoms with Gasteiger partial charge in [0.1, 0.15) is 6.21 Å². The van der Waals surface area contributed by atoms with Crippen LogP contribution in [-0.4, -0.2) is 21.6 Å². The molecule has 0 fully saturated rings. The van der Waals surface area contributed by atoms with Crippen molar-refractivity contribution in [3.8, 4) is 0 Å². The van der Waals surface area contributed by atoms with E-state index < -0.39 is 5.66 Å². The largest absolute Gasteiger partial charge is 0.518 e. The zero-order chi connectivity index (χ0) is 15.5. The molecule has 0 saturated carbocycles. The van der Waals surface area contributed by atoms with Crippen molar-refractivity contribution in [1.29, 1.82) is 0 Å². The molecule has 4 rings (SSSR count). The summed E-state index contributed by atoms with van der Waals surface area (Å²) in [5, 5.41) is 0. The molecule has 2 radical (unpaired) electrons. The Hall–Kier alpha value is -0.272. The third-order valence-corrected chi connectivity index (χ3v) is 4.90. The van der Waals surface area contributed by atoms with Gasteiger partial charge in [0.25, 0.3) is 0 Å². The molecular weight excluding hydrogens is 446 g/mol. The quantitative estimate of drug-likeness (QED) is 0.471. The van der Waals surface area contributed by atoms with Gasteiger partial charge in [0, 0.05) is 76.6 Å². The first kappa shape index (κ1) is 20.0. The standard InChI is InChI=1S/C20H16N2.2Y/c1-5-21-12-16-9-7-8-10-18(16)20(21)19-15(4)14(3)11-17(19)13-22(20)6-2;;/h1-2,5-10H,11H2,3-4H3;;/q-2;;. The van der Waals surface area contributed by atoms with Gasteiger partial charge in [-0.15, -0.1) is 18.3 Å². The second-order valence-corrected chi connectivity index (χ2v) is 5.92. The van der Waals surface area contributed by atoms with Crippen LogP contribution in [0.2, 0.25) is 0 Å². The van der Waals surface area contributed by atoms with Crippen molar-refractivity contribution in [3.63, 3.8) is 0 Å². The van der Waals surface area contributed by atoms with Crippen LogP contribution in [0.15, 0.2) is 59.0 Å². The van der Waals surface area contributed by atoms with Gasteiger partial charge in [0.2, 0.25) is 0 Å². The third-order valence-electron chi connectivity index (χ3n) is 4.90. The third kappa shape index (κ3) is 2.37. The molecule has 0 saturated heterocycles. The SMILES string of the molecule is [CH-]=C[N+]1=[C-]C2=C(C(C)=C(C)C2)C12c1ccccc1[C-]=[N+]2C=[CH-].[Y].[Y]. The summed E-state index contributed by atoms with van der Waals surface area (Å²) in [6.45, 7) is 16.2. The molecule has 1 aliphatic carbocycles. The monoisotopic (exact) mass is 462 g/mol.